The number of rotatable bonds is 1. The van der Waals surface area contributed by atoms with Crippen molar-refractivity contribution >= 4 is 29.0 Å². The molecule has 0 fully saturated rings. The van der Waals surface area contributed by atoms with Crippen LogP contribution in [0.1, 0.15) is 22.3 Å². The van der Waals surface area contributed by atoms with Gasteiger partial charge in [0.15, 0.2) is 0 Å². The lowest BCUT2D eigenvalue weighted by molar-refractivity contribution is -0.112. The zero-order valence-electron chi connectivity index (χ0n) is 8.34. The molecule has 1 heterocycles. The topological polar surface area (TPSA) is 46.2 Å². The first-order valence-corrected chi connectivity index (χ1v) is 5.30. The van der Waals surface area contributed by atoms with Crippen LogP contribution in [0.25, 0.3) is 0 Å². The molecule has 1 aromatic rings. The van der Waals surface area contributed by atoms with Crippen LogP contribution in [0.2, 0.25) is 0 Å². The highest BCUT2D eigenvalue weighted by Gasteiger charge is 2.27. The summed E-state index contributed by atoms with van der Waals surface area (Å²) in [5, 5.41) is 2.48. The molecule has 1 aromatic carbocycles. The van der Waals surface area contributed by atoms with Crippen LogP contribution in [-0.4, -0.2) is 17.6 Å². The molecule has 1 N–H and O–H groups in total. The van der Waals surface area contributed by atoms with Crippen LogP contribution in [0.4, 0.5) is 5.69 Å². The summed E-state index contributed by atoms with van der Waals surface area (Å²) in [6.45, 7) is 0. The Labute approximate surface area is 97.8 Å². The van der Waals surface area contributed by atoms with Crippen molar-refractivity contribution < 1.29 is 9.59 Å². The van der Waals surface area contributed by atoms with Gasteiger partial charge in [-0.1, -0.05) is 11.8 Å². The summed E-state index contributed by atoms with van der Waals surface area (Å²) in [5.74, 6) is 5.15. The summed E-state index contributed by atoms with van der Waals surface area (Å²) in [7, 11) is 0. The summed E-state index contributed by atoms with van der Waals surface area (Å²) in [5.41, 5.74) is 1.66. The van der Waals surface area contributed by atoms with Gasteiger partial charge < -0.3 is 5.32 Å². The smallest absolute Gasteiger partial charge is 0.296 e. The van der Waals surface area contributed by atoms with E-state index >= 15 is 0 Å². The normalized spacial score (nSPS) is 12.8. The van der Waals surface area contributed by atoms with Gasteiger partial charge in [0, 0.05) is 17.9 Å². The molecule has 0 aromatic heterocycles. The SMILES string of the molecule is O=C1Nc2ccc(C#CCCCl)cc2C1=O. The fraction of sp³-hybridized carbons (Fsp3) is 0.167. The van der Waals surface area contributed by atoms with E-state index in [0.29, 0.717) is 29.1 Å². The van der Waals surface area contributed by atoms with Gasteiger partial charge >= 0.3 is 0 Å². The van der Waals surface area contributed by atoms with Crippen molar-refractivity contribution in [3.05, 3.63) is 29.3 Å². The van der Waals surface area contributed by atoms with Crippen molar-refractivity contribution in [1.82, 2.24) is 0 Å². The molecule has 2 rings (SSSR count). The maximum absolute atomic E-state index is 11.4. The number of nitrogens with one attached hydrogen (secondary N) is 1. The van der Waals surface area contributed by atoms with Crippen LogP contribution in [0.3, 0.4) is 0 Å². The second kappa shape index (κ2) is 4.38. The molecule has 0 aliphatic carbocycles. The molecule has 1 aliphatic heterocycles. The van der Waals surface area contributed by atoms with E-state index in [-0.39, 0.29) is 0 Å². The van der Waals surface area contributed by atoms with Crippen molar-refractivity contribution in [2.75, 3.05) is 11.2 Å². The Morgan fingerprint density at radius 2 is 2.12 bits per heavy atom. The van der Waals surface area contributed by atoms with Crippen molar-refractivity contribution in [1.29, 1.82) is 0 Å². The quantitative estimate of drug-likeness (QED) is 0.457. The van der Waals surface area contributed by atoms with Crippen molar-refractivity contribution in [2.45, 2.75) is 6.42 Å². The average Bonchev–Trinajstić information content (AvgIpc) is 2.56. The van der Waals surface area contributed by atoms with Gasteiger partial charge in [0.2, 0.25) is 0 Å². The van der Waals surface area contributed by atoms with Gasteiger partial charge in [-0.3, -0.25) is 9.59 Å². The maximum Gasteiger partial charge on any atom is 0.296 e. The van der Waals surface area contributed by atoms with Gasteiger partial charge in [-0.05, 0) is 18.2 Å². The number of benzene rings is 1. The largest absolute Gasteiger partial charge is 0.318 e. The molecule has 1 aliphatic rings. The number of Topliss-reactive ketones (excluding diaryl/α,β-unsaturated/α-hetero) is 1. The third kappa shape index (κ3) is 1.93. The van der Waals surface area contributed by atoms with Crippen molar-refractivity contribution in [2.24, 2.45) is 0 Å². The standard InChI is InChI=1S/C12H8ClNO2/c13-6-2-1-3-8-4-5-10-9(7-8)11(15)12(16)14-10/h4-5,7H,2,6H2,(H,14,15,16). The summed E-state index contributed by atoms with van der Waals surface area (Å²) in [6.07, 6.45) is 0.601. The van der Waals surface area contributed by atoms with E-state index in [2.05, 4.69) is 17.2 Å². The number of carbonyl (C=O) groups is 2. The fourth-order valence-corrected chi connectivity index (χ4v) is 1.53. The van der Waals surface area contributed by atoms with Gasteiger partial charge in [0.05, 0.1) is 11.3 Å². The maximum atomic E-state index is 11.4. The number of hydrogen-bond acceptors (Lipinski definition) is 2. The van der Waals surface area contributed by atoms with Crippen LogP contribution >= 0.6 is 11.6 Å². The Morgan fingerprint density at radius 3 is 2.88 bits per heavy atom. The van der Waals surface area contributed by atoms with Crippen LogP contribution in [0.5, 0.6) is 0 Å². The number of fused-ring (bicyclic) bond motifs is 1. The first-order chi connectivity index (χ1) is 7.72. The molecule has 16 heavy (non-hydrogen) atoms. The highest BCUT2D eigenvalue weighted by atomic mass is 35.5. The molecule has 0 spiro atoms. The minimum atomic E-state index is -0.583. The third-order valence-electron chi connectivity index (χ3n) is 2.17. The predicted molar refractivity (Wildman–Crippen MR) is 61.6 cm³/mol. The first kappa shape index (κ1) is 10.7. The second-order valence-electron chi connectivity index (χ2n) is 3.28. The lowest BCUT2D eigenvalue weighted by Gasteiger charge is -1.96. The lowest BCUT2D eigenvalue weighted by Crippen LogP contribution is -2.12. The van der Waals surface area contributed by atoms with Gasteiger partial charge in [0.1, 0.15) is 0 Å². The van der Waals surface area contributed by atoms with Gasteiger partial charge in [0.25, 0.3) is 11.7 Å². The number of carbonyl (C=O) groups excluding carboxylic acids is 2. The number of hydrogen-bond donors (Lipinski definition) is 1. The van der Waals surface area contributed by atoms with E-state index in [1.54, 1.807) is 18.2 Å². The molecule has 80 valence electrons. The Hall–Kier alpha value is -1.79. The van der Waals surface area contributed by atoms with Gasteiger partial charge in [-0.2, -0.15) is 0 Å². The van der Waals surface area contributed by atoms with Gasteiger partial charge in [-0.15, -0.1) is 11.6 Å². The summed E-state index contributed by atoms with van der Waals surface area (Å²) in [4.78, 5) is 22.5. The fourth-order valence-electron chi connectivity index (χ4n) is 1.43. The van der Waals surface area contributed by atoms with E-state index in [1.807, 2.05) is 0 Å². The van der Waals surface area contributed by atoms with Crippen LogP contribution in [0, 0.1) is 11.8 Å². The number of amides is 1. The first-order valence-electron chi connectivity index (χ1n) is 4.77. The summed E-state index contributed by atoms with van der Waals surface area (Å²) < 4.78 is 0. The van der Waals surface area contributed by atoms with E-state index in [9.17, 15) is 9.59 Å². The molecule has 1 amide bonds. The van der Waals surface area contributed by atoms with Crippen LogP contribution < -0.4 is 5.32 Å². The molecule has 0 atom stereocenters. The van der Waals surface area contributed by atoms with E-state index in [4.69, 9.17) is 11.6 Å². The van der Waals surface area contributed by atoms with Crippen LogP contribution in [-0.2, 0) is 4.79 Å². The molecule has 0 saturated heterocycles. The van der Waals surface area contributed by atoms with Crippen molar-refractivity contribution in [3.8, 4) is 11.8 Å². The molecule has 0 radical (unpaired) electrons. The summed E-state index contributed by atoms with van der Waals surface area (Å²) in [6, 6.07) is 5.07. The predicted octanol–water partition coefficient (Wildman–Crippen LogP) is 1.80. The van der Waals surface area contributed by atoms with Crippen molar-refractivity contribution in [3.63, 3.8) is 0 Å². The van der Waals surface area contributed by atoms with E-state index < -0.39 is 11.7 Å². The zero-order chi connectivity index (χ0) is 11.5. The summed E-state index contributed by atoms with van der Waals surface area (Å²) >= 11 is 5.49. The minimum Gasteiger partial charge on any atom is -0.318 e. The Bertz CT molecular complexity index is 526. The lowest BCUT2D eigenvalue weighted by atomic mass is 10.1. The zero-order valence-corrected chi connectivity index (χ0v) is 9.10. The Balaban J connectivity index is 2.32. The number of ketones is 1. The average molecular weight is 234 g/mol. The highest BCUT2D eigenvalue weighted by molar-refractivity contribution is 6.51. The van der Waals surface area contributed by atoms with E-state index in [0.717, 1.165) is 0 Å². The molecular weight excluding hydrogens is 226 g/mol. The van der Waals surface area contributed by atoms with Gasteiger partial charge in [-0.25, -0.2) is 0 Å². The number of anilines is 1. The minimum absolute atomic E-state index is 0.391. The molecular formula is C12H8ClNO2. The van der Waals surface area contributed by atoms with Crippen LogP contribution in [0.15, 0.2) is 18.2 Å². The second-order valence-corrected chi connectivity index (χ2v) is 3.66. The molecule has 0 saturated carbocycles. The third-order valence-corrected chi connectivity index (χ3v) is 2.36. The number of halogens is 1. The molecule has 3 nitrogen and oxygen atoms in total. The molecule has 0 unspecified atom stereocenters. The molecule has 4 heteroatoms. The molecule has 0 bridgehead atoms. The Kier molecular flexibility index (Phi) is 2.93. The van der Waals surface area contributed by atoms with E-state index in [1.165, 1.54) is 0 Å². The highest BCUT2D eigenvalue weighted by Crippen LogP contribution is 2.23. The monoisotopic (exact) mass is 233 g/mol. The number of alkyl halides is 1. The Morgan fingerprint density at radius 1 is 1.31 bits per heavy atom.